The van der Waals surface area contributed by atoms with Crippen LogP contribution >= 0.6 is 12.6 Å². The number of aromatic nitrogens is 3. The zero-order valence-electron chi connectivity index (χ0n) is 23.9. The Hall–Kier alpha value is -4.67. The predicted molar refractivity (Wildman–Crippen MR) is 179 cm³/mol. The summed E-state index contributed by atoms with van der Waals surface area (Å²) in [6, 6.07) is 42.5. The molecule has 7 rings (SSSR count). The van der Waals surface area contributed by atoms with Gasteiger partial charge in [0.25, 0.3) is 0 Å². The molecule has 3 nitrogen and oxygen atoms in total. The molecule has 0 fully saturated rings. The molecule has 0 spiro atoms. The van der Waals surface area contributed by atoms with Crippen molar-refractivity contribution >= 4 is 34.6 Å². The second-order valence-electron chi connectivity index (χ2n) is 11.7. The number of rotatable bonds is 4. The zero-order chi connectivity index (χ0) is 28.8. The van der Waals surface area contributed by atoms with Gasteiger partial charge in [0.05, 0.1) is 16.6 Å². The minimum absolute atomic E-state index is 0.0113. The molecule has 0 saturated carbocycles. The van der Waals surface area contributed by atoms with Crippen LogP contribution in [0, 0.1) is 0 Å². The molecule has 42 heavy (non-hydrogen) atoms. The molecule has 5 aromatic carbocycles. The van der Waals surface area contributed by atoms with Crippen LogP contribution < -0.4 is 0 Å². The van der Waals surface area contributed by atoms with Gasteiger partial charge in [0.1, 0.15) is 5.82 Å². The van der Waals surface area contributed by atoms with E-state index in [1.165, 1.54) is 5.56 Å². The molecule has 0 aliphatic rings. The third-order valence-corrected chi connectivity index (χ3v) is 8.29. The number of imidazole rings is 1. The Morgan fingerprint density at radius 2 is 1.36 bits per heavy atom. The number of pyridine rings is 1. The smallest absolute Gasteiger partial charge is 0.145 e. The van der Waals surface area contributed by atoms with Crippen LogP contribution in [0.5, 0.6) is 0 Å². The van der Waals surface area contributed by atoms with Crippen molar-refractivity contribution in [3.8, 4) is 39.3 Å². The monoisotopic (exact) mass is 561 g/mol. The third-order valence-electron chi connectivity index (χ3n) is 7.90. The Morgan fingerprint density at radius 3 is 2.17 bits per heavy atom. The molecule has 0 bridgehead atoms. The number of hydrogen-bond acceptors (Lipinski definition) is 3. The predicted octanol–water partition coefficient (Wildman–Crippen LogP) is 10.2. The van der Waals surface area contributed by atoms with E-state index in [9.17, 15) is 0 Å². The van der Waals surface area contributed by atoms with E-state index in [1.807, 2.05) is 30.5 Å². The maximum atomic E-state index is 5.34. The van der Waals surface area contributed by atoms with Crippen LogP contribution in [0.15, 0.2) is 132 Å². The van der Waals surface area contributed by atoms with Crippen molar-refractivity contribution in [3.63, 3.8) is 0 Å². The molecular formula is C38H31N3S. The summed E-state index contributed by atoms with van der Waals surface area (Å²) in [6.07, 6.45) is 1.88. The summed E-state index contributed by atoms with van der Waals surface area (Å²) in [5.74, 6) is 0.895. The quantitative estimate of drug-likeness (QED) is 0.217. The van der Waals surface area contributed by atoms with Crippen LogP contribution in [-0.4, -0.2) is 14.5 Å². The van der Waals surface area contributed by atoms with Crippen molar-refractivity contribution in [1.29, 1.82) is 0 Å². The minimum Gasteiger partial charge on any atom is -0.292 e. The Morgan fingerprint density at radius 1 is 0.619 bits per heavy atom. The Kier molecular flexibility index (Phi) is 6.44. The second-order valence-corrected chi connectivity index (χ2v) is 12.2. The standard InChI is InChI=1S/C38H31N3S/c1-38(2,3)28-23-26-14-11-21-39-35(26)32(24-28)25-12-9-13-27(22-25)37-40-36-31(30-17-7-8-20-34(30)42)18-10-19-33(36)41(37)29-15-5-4-6-16-29/h4-24,42H,1-3H3. The van der Waals surface area contributed by atoms with E-state index >= 15 is 0 Å². The molecule has 204 valence electrons. The molecule has 4 heteroatoms. The lowest BCUT2D eigenvalue weighted by Crippen LogP contribution is -2.11. The normalized spacial score (nSPS) is 11.8. The lowest BCUT2D eigenvalue weighted by atomic mass is 9.84. The molecule has 0 saturated heterocycles. The van der Waals surface area contributed by atoms with E-state index in [1.54, 1.807) is 0 Å². The zero-order valence-corrected chi connectivity index (χ0v) is 24.8. The highest BCUT2D eigenvalue weighted by Crippen LogP contribution is 2.39. The summed E-state index contributed by atoms with van der Waals surface area (Å²) < 4.78 is 2.26. The first-order chi connectivity index (χ1) is 20.4. The van der Waals surface area contributed by atoms with Crippen LogP contribution in [0.25, 0.3) is 61.3 Å². The van der Waals surface area contributed by atoms with Gasteiger partial charge < -0.3 is 0 Å². The molecule has 7 aromatic rings. The summed E-state index contributed by atoms with van der Waals surface area (Å²) >= 11 is 4.78. The van der Waals surface area contributed by atoms with E-state index in [-0.39, 0.29) is 5.41 Å². The highest BCUT2D eigenvalue weighted by atomic mass is 32.1. The van der Waals surface area contributed by atoms with Crippen LogP contribution in [0.4, 0.5) is 0 Å². The topological polar surface area (TPSA) is 30.7 Å². The van der Waals surface area contributed by atoms with Crippen LogP contribution in [0.2, 0.25) is 0 Å². The number of benzene rings is 5. The highest BCUT2D eigenvalue weighted by Gasteiger charge is 2.20. The van der Waals surface area contributed by atoms with Crippen molar-refractivity contribution in [3.05, 3.63) is 133 Å². The van der Waals surface area contributed by atoms with Gasteiger partial charge in [-0.3, -0.25) is 9.55 Å². The highest BCUT2D eigenvalue weighted by molar-refractivity contribution is 7.80. The molecular weight excluding hydrogens is 531 g/mol. The van der Waals surface area contributed by atoms with Gasteiger partial charge in [-0.1, -0.05) is 93.6 Å². The third kappa shape index (κ3) is 4.58. The van der Waals surface area contributed by atoms with E-state index in [2.05, 4.69) is 122 Å². The summed E-state index contributed by atoms with van der Waals surface area (Å²) in [5, 5.41) is 1.15. The number of para-hydroxylation sites is 2. The molecule has 2 heterocycles. The first-order valence-electron chi connectivity index (χ1n) is 14.2. The molecule has 0 atom stereocenters. The van der Waals surface area contributed by atoms with Gasteiger partial charge >= 0.3 is 0 Å². The fraction of sp³-hybridized carbons (Fsp3) is 0.105. The average molecular weight is 562 g/mol. The van der Waals surface area contributed by atoms with Crippen molar-refractivity contribution in [2.24, 2.45) is 0 Å². The first kappa shape index (κ1) is 26.2. The lowest BCUT2D eigenvalue weighted by molar-refractivity contribution is 0.591. The van der Waals surface area contributed by atoms with Gasteiger partial charge in [-0.05, 0) is 70.6 Å². The van der Waals surface area contributed by atoms with Gasteiger partial charge in [0, 0.05) is 38.9 Å². The number of hydrogen-bond donors (Lipinski definition) is 1. The maximum absolute atomic E-state index is 5.34. The molecule has 0 N–H and O–H groups in total. The van der Waals surface area contributed by atoms with E-state index in [0.29, 0.717) is 0 Å². The van der Waals surface area contributed by atoms with Gasteiger partial charge in [-0.15, -0.1) is 12.6 Å². The van der Waals surface area contributed by atoms with Gasteiger partial charge in [-0.2, -0.15) is 0 Å². The number of nitrogens with zero attached hydrogens (tertiary/aromatic N) is 3. The molecule has 0 aliphatic heterocycles. The number of fused-ring (bicyclic) bond motifs is 2. The molecule has 2 aromatic heterocycles. The Bertz CT molecular complexity index is 2080. The fourth-order valence-corrected chi connectivity index (χ4v) is 6.00. The largest absolute Gasteiger partial charge is 0.292 e. The van der Waals surface area contributed by atoms with Crippen LogP contribution in [0.1, 0.15) is 26.3 Å². The van der Waals surface area contributed by atoms with E-state index in [0.717, 1.165) is 66.2 Å². The van der Waals surface area contributed by atoms with Crippen molar-refractivity contribution in [2.75, 3.05) is 0 Å². The first-order valence-corrected chi connectivity index (χ1v) is 14.7. The summed E-state index contributed by atoms with van der Waals surface area (Å²) in [7, 11) is 0. The summed E-state index contributed by atoms with van der Waals surface area (Å²) in [4.78, 5) is 11.1. The number of thiol groups is 1. The molecule has 0 unspecified atom stereocenters. The Balaban J connectivity index is 1.49. The minimum atomic E-state index is 0.0113. The second kappa shape index (κ2) is 10.3. The van der Waals surface area contributed by atoms with Gasteiger partial charge in [0.15, 0.2) is 0 Å². The average Bonchev–Trinajstić information content (AvgIpc) is 3.41. The fourth-order valence-electron chi connectivity index (χ4n) is 5.72. The lowest BCUT2D eigenvalue weighted by Gasteiger charge is -2.21. The summed E-state index contributed by atoms with van der Waals surface area (Å²) in [5.41, 5.74) is 10.8. The van der Waals surface area contributed by atoms with Gasteiger partial charge in [0.2, 0.25) is 0 Å². The van der Waals surface area contributed by atoms with E-state index in [4.69, 9.17) is 22.6 Å². The summed E-state index contributed by atoms with van der Waals surface area (Å²) in [6.45, 7) is 6.77. The van der Waals surface area contributed by atoms with Gasteiger partial charge in [-0.25, -0.2) is 4.98 Å². The molecule has 0 aliphatic carbocycles. The van der Waals surface area contributed by atoms with E-state index < -0.39 is 0 Å². The SMILES string of the molecule is CC(C)(C)c1cc(-c2cccc(-c3nc4c(-c5ccccc5S)cccc4n3-c3ccccc3)c2)c2ncccc2c1. The Labute approximate surface area is 251 Å². The molecule has 0 amide bonds. The van der Waals surface area contributed by atoms with Crippen molar-refractivity contribution in [1.82, 2.24) is 14.5 Å². The van der Waals surface area contributed by atoms with Crippen LogP contribution in [-0.2, 0) is 5.41 Å². The molecule has 0 radical (unpaired) electrons. The van der Waals surface area contributed by atoms with Crippen molar-refractivity contribution in [2.45, 2.75) is 31.1 Å². The van der Waals surface area contributed by atoms with Crippen molar-refractivity contribution < 1.29 is 0 Å². The van der Waals surface area contributed by atoms with Crippen LogP contribution in [0.3, 0.4) is 0 Å². The maximum Gasteiger partial charge on any atom is 0.145 e.